The van der Waals surface area contributed by atoms with E-state index in [1.54, 1.807) is 0 Å². The van der Waals surface area contributed by atoms with Gasteiger partial charge in [0, 0.05) is 12.5 Å². The number of fused-ring (bicyclic) bond motifs is 1. The summed E-state index contributed by atoms with van der Waals surface area (Å²) in [6.07, 6.45) is 6.17. The molecule has 6 nitrogen and oxygen atoms in total. The minimum absolute atomic E-state index is 0.0550. The number of hydrogen-bond donors (Lipinski definition) is 0. The van der Waals surface area contributed by atoms with Gasteiger partial charge in [0.25, 0.3) is 5.56 Å². The van der Waals surface area contributed by atoms with Gasteiger partial charge in [0.05, 0.1) is 16.2 Å². The standard InChI is InChI=1S/C20H24N4O2S/c1-3-8-17-22-18(26-23-17)13(2)27-20-21-16-12-7-6-11-15(16)19(25)24(20)14-9-4-5-10-14/h6-7,11-14H,3-5,8-10H2,1-2H3. The first kappa shape index (κ1) is 18.2. The first-order valence-electron chi connectivity index (χ1n) is 9.67. The van der Waals surface area contributed by atoms with Gasteiger partial charge < -0.3 is 4.52 Å². The molecule has 0 amide bonds. The number of thioether (sulfide) groups is 1. The Morgan fingerprint density at radius 2 is 2.04 bits per heavy atom. The molecule has 1 fully saturated rings. The van der Waals surface area contributed by atoms with Gasteiger partial charge in [-0.2, -0.15) is 4.98 Å². The fourth-order valence-corrected chi connectivity index (χ4v) is 4.67. The predicted octanol–water partition coefficient (Wildman–Crippen LogP) is 4.70. The molecular formula is C20H24N4O2S. The van der Waals surface area contributed by atoms with Gasteiger partial charge in [0.2, 0.25) is 5.89 Å². The third kappa shape index (κ3) is 3.65. The molecule has 2 heterocycles. The van der Waals surface area contributed by atoms with E-state index in [0.29, 0.717) is 11.3 Å². The van der Waals surface area contributed by atoms with Crippen molar-refractivity contribution in [3.8, 4) is 0 Å². The summed E-state index contributed by atoms with van der Waals surface area (Å²) in [5.74, 6) is 1.32. The lowest BCUT2D eigenvalue weighted by Crippen LogP contribution is -2.26. The van der Waals surface area contributed by atoms with Crippen LogP contribution in [-0.4, -0.2) is 19.7 Å². The van der Waals surface area contributed by atoms with E-state index in [1.165, 1.54) is 11.8 Å². The lowest BCUT2D eigenvalue weighted by atomic mass is 10.2. The molecule has 0 radical (unpaired) electrons. The van der Waals surface area contributed by atoms with Crippen LogP contribution in [-0.2, 0) is 6.42 Å². The monoisotopic (exact) mass is 384 g/mol. The van der Waals surface area contributed by atoms with Gasteiger partial charge in [0.1, 0.15) is 0 Å². The second-order valence-electron chi connectivity index (χ2n) is 7.08. The Bertz CT molecular complexity index is 991. The molecule has 0 spiro atoms. The van der Waals surface area contributed by atoms with Gasteiger partial charge in [-0.25, -0.2) is 4.98 Å². The quantitative estimate of drug-likeness (QED) is 0.453. The highest BCUT2D eigenvalue weighted by Gasteiger charge is 2.25. The van der Waals surface area contributed by atoms with Crippen LogP contribution in [0.1, 0.15) is 69.0 Å². The van der Waals surface area contributed by atoms with Crippen molar-refractivity contribution in [2.75, 3.05) is 0 Å². The van der Waals surface area contributed by atoms with Gasteiger partial charge in [-0.1, -0.05) is 48.8 Å². The van der Waals surface area contributed by atoms with Crippen molar-refractivity contribution in [3.05, 3.63) is 46.3 Å². The second kappa shape index (κ2) is 7.84. The molecular weight excluding hydrogens is 360 g/mol. The lowest BCUT2D eigenvalue weighted by Gasteiger charge is -2.19. The van der Waals surface area contributed by atoms with E-state index in [1.807, 2.05) is 35.8 Å². The van der Waals surface area contributed by atoms with E-state index in [4.69, 9.17) is 9.51 Å². The van der Waals surface area contributed by atoms with Crippen molar-refractivity contribution in [1.29, 1.82) is 0 Å². The van der Waals surface area contributed by atoms with Gasteiger partial charge in [-0.05, 0) is 38.3 Å². The number of hydrogen-bond acceptors (Lipinski definition) is 6. The van der Waals surface area contributed by atoms with E-state index >= 15 is 0 Å². The van der Waals surface area contributed by atoms with Crippen LogP contribution >= 0.6 is 11.8 Å². The van der Waals surface area contributed by atoms with Crippen LogP contribution in [0.3, 0.4) is 0 Å². The molecule has 0 N–H and O–H groups in total. The molecule has 1 aliphatic carbocycles. The number of aromatic nitrogens is 4. The Balaban J connectivity index is 1.72. The van der Waals surface area contributed by atoms with Crippen LogP contribution < -0.4 is 5.56 Å². The lowest BCUT2D eigenvalue weighted by molar-refractivity contribution is 0.374. The van der Waals surface area contributed by atoms with E-state index in [9.17, 15) is 4.79 Å². The number of rotatable bonds is 6. The summed E-state index contributed by atoms with van der Waals surface area (Å²) in [6, 6.07) is 7.80. The normalized spacial score (nSPS) is 16.2. The first-order valence-corrected chi connectivity index (χ1v) is 10.6. The fraction of sp³-hybridized carbons (Fsp3) is 0.500. The first-order chi connectivity index (χ1) is 13.2. The summed E-state index contributed by atoms with van der Waals surface area (Å²) in [4.78, 5) is 22.5. The van der Waals surface area contributed by atoms with Crippen LogP contribution in [0.5, 0.6) is 0 Å². The van der Waals surface area contributed by atoms with Crippen LogP contribution in [0.25, 0.3) is 10.9 Å². The summed E-state index contributed by atoms with van der Waals surface area (Å²) in [5.41, 5.74) is 0.794. The molecule has 0 bridgehead atoms. The Hall–Kier alpha value is -2.15. The molecule has 7 heteroatoms. The summed E-state index contributed by atoms with van der Waals surface area (Å²) in [7, 11) is 0. The van der Waals surface area contributed by atoms with E-state index in [0.717, 1.165) is 55.0 Å². The molecule has 0 saturated heterocycles. The number of benzene rings is 1. The largest absolute Gasteiger partial charge is 0.338 e. The molecule has 27 heavy (non-hydrogen) atoms. The maximum atomic E-state index is 13.2. The van der Waals surface area contributed by atoms with E-state index in [-0.39, 0.29) is 16.9 Å². The van der Waals surface area contributed by atoms with Gasteiger partial charge >= 0.3 is 0 Å². The van der Waals surface area contributed by atoms with Crippen molar-refractivity contribution in [2.24, 2.45) is 0 Å². The maximum absolute atomic E-state index is 13.2. The Morgan fingerprint density at radius 1 is 1.26 bits per heavy atom. The molecule has 1 saturated carbocycles. The smallest absolute Gasteiger partial charge is 0.262 e. The van der Waals surface area contributed by atoms with Crippen molar-refractivity contribution in [3.63, 3.8) is 0 Å². The molecule has 1 aliphatic rings. The number of para-hydroxylation sites is 1. The maximum Gasteiger partial charge on any atom is 0.262 e. The van der Waals surface area contributed by atoms with E-state index < -0.39 is 0 Å². The Morgan fingerprint density at radius 3 is 2.81 bits per heavy atom. The minimum atomic E-state index is -0.0659. The molecule has 4 rings (SSSR count). The third-order valence-electron chi connectivity index (χ3n) is 5.05. The number of nitrogens with zero attached hydrogens (tertiary/aromatic N) is 4. The molecule has 3 aromatic rings. The van der Waals surface area contributed by atoms with Crippen LogP contribution in [0.2, 0.25) is 0 Å². The highest BCUT2D eigenvalue weighted by Crippen LogP contribution is 2.37. The average Bonchev–Trinajstić information content (AvgIpc) is 3.34. The molecule has 1 aromatic carbocycles. The number of aryl methyl sites for hydroxylation is 1. The Labute approximate surface area is 162 Å². The molecule has 1 atom stereocenters. The minimum Gasteiger partial charge on any atom is -0.338 e. The van der Waals surface area contributed by atoms with Crippen molar-refractivity contribution in [2.45, 2.75) is 68.8 Å². The van der Waals surface area contributed by atoms with E-state index in [2.05, 4.69) is 17.1 Å². The molecule has 0 aliphatic heterocycles. The molecule has 142 valence electrons. The zero-order chi connectivity index (χ0) is 18.8. The fourth-order valence-electron chi connectivity index (χ4n) is 3.66. The predicted molar refractivity (Wildman–Crippen MR) is 106 cm³/mol. The van der Waals surface area contributed by atoms with Crippen molar-refractivity contribution >= 4 is 22.7 Å². The topological polar surface area (TPSA) is 73.8 Å². The summed E-state index contributed by atoms with van der Waals surface area (Å²) < 4.78 is 7.34. The van der Waals surface area contributed by atoms with Crippen LogP contribution in [0.4, 0.5) is 0 Å². The zero-order valence-electron chi connectivity index (χ0n) is 15.7. The second-order valence-corrected chi connectivity index (χ2v) is 8.39. The summed E-state index contributed by atoms with van der Waals surface area (Å²) in [5, 5.41) is 5.41. The van der Waals surface area contributed by atoms with Gasteiger partial charge in [-0.3, -0.25) is 9.36 Å². The molecule has 1 unspecified atom stereocenters. The Kier molecular flexibility index (Phi) is 5.29. The zero-order valence-corrected chi connectivity index (χ0v) is 16.5. The summed E-state index contributed by atoms with van der Waals surface area (Å²) >= 11 is 1.53. The van der Waals surface area contributed by atoms with Gasteiger partial charge in [0.15, 0.2) is 11.0 Å². The SMILES string of the molecule is CCCc1noc(C(C)Sc2nc3ccccc3c(=O)n2C2CCCC2)n1. The highest BCUT2D eigenvalue weighted by molar-refractivity contribution is 7.99. The molecule has 2 aromatic heterocycles. The summed E-state index contributed by atoms with van der Waals surface area (Å²) in [6.45, 7) is 4.11. The van der Waals surface area contributed by atoms with Gasteiger partial charge in [-0.15, -0.1) is 0 Å². The highest BCUT2D eigenvalue weighted by atomic mass is 32.2. The average molecular weight is 385 g/mol. The van der Waals surface area contributed by atoms with Crippen LogP contribution in [0.15, 0.2) is 38.7 Å². The van der Waals surface area contributed by atoms with Crippen molar-refractivity contribution < 1.29 is 4.52 Å². The van der Waals surface area contributed by atoms with Crippen LogP contribution in [0, 0.1) is 0 Å². The van der Waals surface area contributed by atoms with Crippen molar-refractivity contribution in [1.82, 2.24) is 19.7 Å². The third-order valence-corrected chi connectivity index (χ3v) is 6.11.